The van der Waals surface area contributed by atoms with Crippen molar-refractivity contribution in [1.82, 2.24) is 9.46 Å². The lowest BCUT2D eigenvalue weighted by molar-refractivity contribution is -0.895. The number of hydrogen-bond acceptors (Lipinski definition) is 5. The highest BCUT2D eigenvalue weighted by atomic mass is 32.2. The van der Waals surface area contributed by atoms with Gasteiger partial charge in [-0.1, -0.05) is 25.9 Å². The highest BCUT2D eigenvalue weighted by molar-refractivity contribution is 7.89. The number of nitrogens with one attached hydrogen (secondary N) is 2. The summed E-state index contributed by atoms with van der Waals surface area (Å²) >= 11 is 0. The number of amides is 1. The van der Waals surface area contributed by atoms with Gasteiger partial charge in [-0.05, 0) is 24.3 Å². The molecule has 2 heterocycles. The molecule has 0 bridgehead atoms. The van der Waals surface area contributed by atoms with Crippen LogP contribution >= 0.6 is 0 Å². The van der Waals surface area contributed by atoms with Crippen molar-refractivity contribution in [2.24, 2.45) is 0 Å². The maximum atomic E-state index is 13.0. The van der Waals surface area contributed by atoms with Crippen LogP contribution in [0, 0.1) is 5.82 Å². The molecule has 0 saturated carbocycles. The van der Waals surface area contributed by atoms with Gasteiger partial charge < -0.3 is 9.42 Å². The molecule has 1 aliphatic rings. The lowest BCUT2D eigenvalue weighted by atomic mass is 9.92. The lowest BCUT2D eigenvalue weighted by Gasteiger charge is -2.31. The molecule has 0 radical (unpaired) electrons. The standard InChI is InChI=1S/C19H25FN4O4S/c1-19(2,3)16-12-18(28-22-16)21-17(25)13-23-8-10-24(11-9-23)29(26,27)15-6-4-14(20)5-7-15/h4-7,12H,8-11,13H2,1-3H3,(H,21,25)/p+1. The van der Waals surface area contributed by atoms with Crippen LogP contribution in [0.1, 0.15) is 26.5 Å². The summed E-state index contributed by atoms with van der Waals surface area (Å²) in [5.41, 5.74) is 0.573. The first kappa shape index (κ1) is 21.4. The van der Waals surface area contributed by atoms with Crippen LogP contribution in [0.4, 0.5) is 10.3 Å². The zero-order valence-corrected chi connectivity index (χ0v) is 17.6. The fourth-order valence-corrected chi connectivity index (χ4v) is 4.51. The maximum Gasteiger partial charge on any atom is 0.281 e. The Morgan fingerprint density at radius 3 is 2.41 bits per heavy atom. The zero-order valence-electron chi connectivity index (χ0n) is 16.7. The number of carbonyl (C=O) groups is 1. The molecule has 1 saturated heterocycles. The van der Waals surface area contributed by atoms with Gasteiger partial charge in [-0.3, -0.25) is 10.1 Å². The van der Waals surface area contributed by atoms with Crippen molar-refractivity contribution < 1.29 is 27.0 Å². The molecule has 29 heavy (non-hydrogen) atoms. The van der Waals surface area contributed by atoms with E-state index >= 15 is 0 Å². The summed E-state index contributed by atoms with van der Waals surface area (Å²) in [5, 5.41) is 6.66. The molecule has 0 aliphatic carbocycles. The number of benzene rings is 1. The molecule has 1 aliphatic heterocycles. The third-order valence-electron chi connectivity index (χ3n) is 4.83. The van der Waals surface area contributed by atoms with Crippen molar-refractivity contribution in [2.75, 3.05) is 38.0 Å². The van der Waals surface area contributed by atoms with Crippen LogP contribution in [-0.2, 0) is 20.2 Å². The number of rotatable bonds is 5. The molecule has 1 amide bonds. The summed E-state index contributed by atoms with van der Waals surface area (Å²) in [6.07, 6.45) is 0. The van der Waals surface area contributed by atoms with Crippen molar-refractivity contribution >= 4 is 21.8 Å². The van der Waals surface area contributed by atoms with Crippen molar-refractivity contribution in [1.29, 1.82) is 0 Å². The normalized spacial score (nSPS) is 16.7. The zero-order chi connectivity index (χ0) is 21.2. The fourth-order valence-electron chi connectivity index (χ4n) is 3.07. The van der Waals surface area contributed by atoms with Gasteiger partial charge >= 0.3 is 0 Å². The summed E-state index contributed by atoms with van der Waals surface area (Å²) in [6.45, 7) is 7.78. The van der Waals surface area contributed by atoms with Crippen molar-refractivity contribution in [3.8, 4) is 0 Å². The third-order valence-corrected chi connectivity index (χ3v) is 6.75. The fraction of sp³-hybridized carbons (Fsp3) is 0.474. The molecule has 1 fully saturated rings. The molecule has 3 rings (SSSR count). The number of aromatic nitrogens is 1. The summed E-state index contributed by atoms with van der Waals surface area (Å²) in [4.78, 5) is 13.3. The van der Waals surface area contributed by atoms with Gasteiger partial charge in [-0.15, -0.1) is 0 Å². The number of carbonyl (C=O) groups excluding carboxylic acids is 1. The van der Waals surface area contributed by atoms with Gasteiger partial charge in [0.05, 0.1) is 36.8 Å². The first-order valence-corrected chi connectivity index (χ1v) is 10.9. The van der Waals surface area contributed by atoms with Gasteiger partial charge in [-0.2, -0.15) is 4.31 Å². The largest absolute Gasteiger partial charge is 0.338 e. The van der Waals surface area contributed by atoms with E-state index in [4.69, 9.17) is 4.52 Å². The topological polar surface area (TPSA) is 97.0 Å². The molecule has 10 heteroatoms. The highest BCUT2D eigenvalue weighted by Crippen LogP contribution is 2.23. The average molecular weight is 426 g/mol. The Morgan fingerprint density at radius 2 is 1.86 bits per heavy atom. The lowest BCUT2D eigenvalue weighted by Crippen LogP contribution is -3.15. The number of hydrogen-bond donors (Lipinski definition) is 2. The molecule has 2 aromatic rings. The molecular formula is C19H26FN4O4S+. The summed E-state index contributed by atoms with van der Waals surface area (Å²) in [6, 6.07) is 6.50. The predicted octanol–water partition coefficient (Wildman–Crippen LogP) is 0.639. The number of nitrogens with zero attached hydrogens (tertiary/aromatic N) is 2. The number of anilines is 1. The van der Waals surface area contributed by atoms with E-state index in [-0.39, 0.29) is 22.8 Å². The Kier molecular flexibility index (Phi) is 6.06. The summed E-state index contributed by atoms with van der Waals surface area (Å²) in [7, 11) is -3.66. The molecule has 0 spiro atoms. The molecule has 0 unspecified atom stereocenters. The van der Waals surface area contributed by atoms with E-state index in [1.165, 1.54) is 16.4 Å². The molecule has 0 atom stereocenters. The third kappa shape index (κ3) is 5.20. The van der Waals surface area contributed by atoms with Crippen LogP contribution in [0.15, 0.2) is 39.8 Å². The Bertz CT molecular complexity index is 959. The minimum atomic E-state index is -3.66. The van der Waals surface area contributed by atoms with Crippen LogP contribution in [-0.4, -0.2) is 56.5 Å². The van der Waals surface area contributed by atoms with Crippen LogP contribution in [0.5, 0.6) is 0 Å². The van der Waals surface area contributed by atoms with Crippen LogP contribution in [0.3, 0.4) is 0 Å². The summed E-state index contributed by atoms with van der Waals surface area (Å²) < 4.78 is 44.9. The van der Waals surface area contributed by atoms with E-state index in [1.54, 1.807) is 6.07 Å². The van der Waals surface area contributed by atoms with Gasteiger partial charge in [0.25, 0.3) is 5.91 Å². The van der Waals surface area contributed by atoms with Gasteiger partial charge in [0.1, 0.15) is 5.82 Å². The SMILES string of the molecule is CC(C)(C)c1cc(NC(=O)C[NH+]2CCN(S(=O)(=O)c3ccc(F)cc3)CC2)on1. The van der Waals surface area contributed by atoms with Gasteiger partial charge in [0, 0.05) is 11.5 Å². The first-order chi connectivity index (χ1) is 13.6. The smallest absolute Gasteiger partial charge is 0.281 e. The van der Waals surface area contributed by atoms with E-state index in [2.05, 4.69) is 10.5 Å². The second-order valence-electron chi connectivity index (χ2n) is 8.16. The van der Waals surface area contributed by atoms with Crippen molar-refractivity contribution in [3.63, 3.8) is 0 Å². The summed E-state index contributed by atoms with van der Waals surface area (Å²) in [5.74, 6) is -0.395. The highest BCUT2D eigenvalue weighted by Gasteiger charge is 2.31. The maximum absolute atomic E-state index is 13.0. The molecule has 1 aromatic carbocycles. The minimum absolute atomic E-state index is 0.0695. The van der Waals surface area contributed by atoms with E-state index in [0.717, 1.165) is 22.7 Å². The van der Waals surface area contributed by atoms with Crippen molar-refractivity contribution in [2.45, 2.75) is 31.1 Å². The Balaban J connectivity index is 1.52. The first-order valence-electron chi connectivity index (χ1n) is 9.42. The van der Waals surface area contributed by atoms with E-state index < -0.39 is 15.8 Å². The predicted molar refractivity (Wildman–Crippen MR) is 105 cm³/mol. The number of halogens is 1. The van der Waals surface area contributed by atoms with Crippen LogP contribution in [0.2, 0.25) is 0 Å². The quantitative estimate of drug-likeness (QED) is 0.733. The molecular weight excluding hydrogens is 399 g/mol. The van der Waals surface area contributed by atoms with E-state index in [1.807, 2.05) is 20.8 Å². The minimum Gasteiger partial charge on any atom is -0.338 e. The molecule has 8 nitrogen and oxygen atoms in total. The monoisotopic (exact) mass is 425 g/mol. The van der Waals surface area contributed by atoms with Gasteiger partial charge in [-0.25, -0.2) is 12.8 Å². The van der Waals surface area contributed by atoms with E-state index in [0.29, 0.717) is 32.1 Å². The molecule has 2 N–H and O–H groups in total. The van der Waals surface area contributed by atoms with Gasteiger partial charge in [0.2, 0.25) is 15.9 Å². The number of sulfonamides is 1. The van der Waals surface area contributed by atoms with Crippen molar-refractivity contribution in [3.05, 3.63) is 41.8 Å². The molecule has 1 aromatic heterocycles. The average Bonchev–Trinajstić information content (AvgIpc) is 3.11. The Hall–Kier alpha value is -2.30. The second-order valence-corrected chi connectivity index (χ2v) is 10.1. The Labute approximate surface area is 169 Å². The van der Waals surface area contributed by atoms with Crippen LogP contribution < -0.4 is 10.2 Å². The van der Waals surface area contributed by atoms with Crippen LogP contribution in [0.25, 0.3) is 0 Å². The van der Waals surface area contributed by atoms with E-state index in [9.17, 15) is 17.6 Å². The number of quaternary nitrogens is 1. The van der Waals surface area contributed by atoms with Gasteiger partial charge in [0.15, 0.2) is 6.54 Å². The Morgan fingerprint density at radius 1 is 1.24 bits per heavy atom. The second kappa shape index (κ2) is 8.21. The molecule has 158 valence electrons. The number of piperazine rings is 1.